The van der Waals surface area contributed by atoms with Gasteiger partial charge in [-0.05, 0) is 114 Å². The summed E-state index contributed by atoms with van der Waals surface area (Å²) >= 11 is 0. The van der Waals surface area contributed by atoms with Crippen molar-refractivity contribution in [3.8, 4) is 0 Å². The van der Waals surface area contributed by atoms with Gasteiger partial charge in [-0.15, -0.1) is 0 Å². The molecular formula is C38H52O3. The van der Waals surface area contributed by atoms with E-state index in [1.165, 1.54) is 31.3 Å². The Kier molecular flexibility index (Phi) is 6.65. The highest BCUT2D eigenvalue weighted by molar-refractivity contribution is 6.06. The van der Waals surface area contributed by atoms with E-state index in [-0.39, 0.29) is 51.9 Å². The molecule has 0 aliphatic heterocycles. The second-order valence-electron chi connectivity index (χ2n) is 16.2. The largest absolute Gasteiger partial charge is 0.460 e. The van der Waals surface area contributed by atoms with Gasteiger partial charge in [0.05, 0.1) is 5.41 Å². The van der Waals surface area contributed by atoms with Crippen LogP contribution in [0.3, 0.4) is 0 Å². The summed E-state index contributed by atoms with van der Waals surface area (Å²) in [5.74, 6) is 1.76. The SMILES string of the molecule is CC1=CC[C@]2(C)[C@H]3CC[C@@H]4C5=C(C(C)C)C(=O)C[C@]5(C(=O)OCc5ccccc5)CC[C@@]4(C)[C@]3(C)CC[C@H]2C1(C)C. The first kappa shape index (κ1) is 28.9. The van der Waals surface area contributed by atoms with Gasteiger partial charge in [0.15, 0.2) is 5.78 Å². The molecule has 3 heteroatoms. The second kappa shape index (κ2) is 9.42. The predicted molar refractivity (Wildman–Crippen MR) is 165 cm³/mol. The first-order chi connectivity index (χ1) is 19.2. The lowest BCUT2D eigenvalue weighted by Gasteiger charge is -2.71. The van der Waals surface area contributed by atoms with Gasteiger partial charge in [-0.1, -0.05) is 90.4 Å². The fourth-order valence-corrected chi connectivity index (χ4v) is 11.5. The summed E-state index contributed by atoms with van der Waals surface area (Å²) in [6.07, 6.45) is 10.5. The first-order valence-electron chi connectivity index (χ1n) is 16.4. The van der Waals surface area contributed by atoms with Gasteiger partial charge >= 0.3 is 5.97 Å². The molecule has 222 valence electrons. The highest BCUT2D eigenvalue weighted by Gasteiger charge is 2.70. The number of ketones is 1. The molecule has 0 radical (unpaired) electrons. The Hall–Kier alpha value is -2.16. The van der Waals surface area contributed by atoms with Crippen molar-refractivity contribution in [1.29, 1.82) is 0 Å². The molecule has 0 N–H and O–H groups in total. The Bertz CT molecular complexity index is 1320. The lowest BCUT2D eigenvalue weighted by atomic mass is 9.33. The monoisotopic (exact) mass is 556 g/mol. The molecule has 1 aromatic rings. The zero-order valence-electron chi connectivity index (χ0n) is 26.9. The lowest BCUT2D eigenvalue weighted by Crippen LogP contribution is -2.64. The number of allylic oxidation sites excluding steroid dienone is 3. The standard InChI is InChI=1S/C38H52O3/c1-24(2)31-28(39)22-38(33(40)41-23-26-12-10-9-11-13-26)21-20-36(7)27(32(31)38)14-15-30-35(6)18-16-25(3)34(4,5)29(35)17-19-37(30,36)8/h9-13,16,24,27,29-30H,14-15,17-23H2,1-8H3/t27-,29+,30-,35+,36-,37-,38-/m1/s1. The summed E-state index contributed by atoms with van der Waals surface area (Å²) in [5, 5.41) is 0. The number of benzene rings is 1. The minimum Gasteiger partial charge on any atom is -0.460 e. The molecule has 5 aliphatic carbocycles. The number of ether oxygens (including phenoxy) is 1. The first-order valence-corrected chi connectivity index (χ1v) is 16.4. The van der Waals surface area contributed by atoms with Crippen LogP contribution in [-0.4, -0.2) is 11.8 Å². The summed E-state index contributed by atoms with van der Waals surface area (Å²) in [6.45, 7) is 19.6. The third-order valence-electron chi connectivity index (χ3n) is 14.0. The minimum atomic E-state index is -0.785. The summed E-state index contributed by atoms with van der Waals surface area (Å²) in [5.41, 5.74) is 4.69. The van der Waals surface area contributed by atoms with E-state index in [4.69, 9.17) is 4.74 Å². The van der Waals surface area contributed by atoms with E-state index < -0.39 is 5.41 Å². The third-order valence-corrected chi connectivity index (χ3v) is 14.0. The van der Waals surface area contributed by atoms with Crippen molar-refractivity contribution >= 4 is 11.8 Å². The van der Waals surface area contributed by atoms with Crippen LogP contribution in [0.25, 0.3) is 0 Å². The fourth-order valence-electron chi connectivity index (χ4n) is 11.5. The van der Waals surface area contributed by atoms with Crippen molar-refractivity contribution in [2.45, 2.75) is 113 Å². The van der Waals surface area contributed by atoms with Gasteiger partial charge < -0.3 is 4.74 Å². The molecule has 6 rings (SSSR count). The number of hydrogen-bond acceptors (Lipinski definition) is 3. The molecule has 7 atom stereocenters. The molecule has 0 aromatic heterocycles. The summed E-state index contributed by atoms with van der Waals surface area (Å²) in [7, 11) is 0. The Morgan fingerprint density at radius 1 is 0.927 bits per heavy atom. The predicted octanol–water partition coefficient (Wildman–Crippen LogP) is 9.27. The van der Waals surface area contributed by atoms with Crippen molar-refractivity contribution in [2.24, 2.45) is 50.7 Å². The summed E-state index contributed by atoms with van der Waals surface area (Å²) in [6, 6.07) is 9.94. The van der Waals surface area contributed by atoms with Gasteiger partial charge in [-0.25, -0.2) is 0 Å². The second-order valence-corrected chi connectivity index (χ2v) is 16.2. The molecule has 0 saturated heterocycles. The van der Waals surface area contributed by atoms with Crippen molar-refractivity contribution < 1.29 is 14.3 Å². The van der Waals surface area contributed by atoms with Crippen LogP contribution in [0, 0.1) is 50.7 Å². The molecule has 0 amide bonds. The maximum Gasteiger partial charge on any atom is 0.317 e. The minimum absolute atomic E-state index is 0.0630. The summed E-state index contributed by atoms with van der Waals surface area (Å²) < 4.78 is 6.08. The average Bonchev–Trinajstić information content (AvgIpc) is 3.24. The maximum absolute atomic E-state index is 14.2. The van der Waals surface area contributed by atoms with E-state index in [0.29, 0.717) is 18.3 Å². The van der Waals surface area contributed by atoms with Gasteiger partial charge in [0, 0.05) is 6.42 Å². The molecule has 0 spiro atoms. The van der Waals surface area contributed by atoms with Crippen molar-refractivity contribution in [2.75, 3.05) is 0 Å². The Morgan fingerprint density at radius 2 is 1.63 bits per heavy atom. The smallest absolute Gasteiger partial charge is 0.317 e. The fraction of sp³-hybridized carbons (Fsp3) is 0.684. The normalized spacial score (nSPS) is 41.2. The van der Waals surface area contributed by atoms with E-state index in [0.717, 1.165) is 30.4 Å². The molecule has 0 unspecified atom stereocenters. The molecule has 3 nitrogen and oxygen atoms in total. The van der Waals surface area contributed by atoms with Crippen LogP contribution in [0.2, 0.25) is 0 Å². The molecule has 3 fully saturated rings. The topological polar surface area (TPSA) is 43.4 Å². The molecule has 0 bridgehead atoms. The zero-order chi connectivity index (χ0) is 29.6. The number of fused-ring (bicyclic) bond motifs is 7. The van der Waals surface area contributed by atoms with Crippen LogP contribution in [0.5, 0.6) is 0 Å². The Labute approximate surface area is 248 Å². The number of Topliss-reactive ketones (excluding diaryl/α,β-unsaturated/α-hetero) is 1. The van der Waals surface area contributed by atoms with Gasteiger partial charge in [0.25, 0.3) is 0 Å². The highest BCUT2D eigenvalue weighted by Crippen LogP contribution is 2.76. The number of carbonyl (C=O) groups excluding carboxylic acids is 2. The van der Waals surface area contributed by atoms with Gasteiger partial charge in [-0.3, -0.25) is 9.59 Å². The van der Waals surface area contributed by atoms with Crippen LogP contribution < -0.4 is 0 Å². The molecular weight excluding hydrogens is 504 g/mol. The van der Waals surface area contributed by atoms with Gasteiger partial charge in [0.2, 0.25) is 0 Å². The molecule has 0 heterocycles. The Balaban J connectivity index is 1.39. The quantitative estimate of drug-likeness (QED) is 0.274. The van der Waals surface area contributed by atoms with Crippen molar-refractivity contribution in [3.63, 3.8) is 0 Å². The molecule has 41 heavy (non-hydrogen) atoms. The van der Waals surface area contributed by atoms with E-state index in [2.05, 4.69) is 61.5 Å². The molecule has 5 aliphatic rings. The van der Waals surface area contributed by atoms with Crippen LogP contribution >= 0.6 is 0 Å². The number of esters is 1. The number of hydrogen-bond donors (Lipinski definition) is 0. The van der Waals surface area contributed by atoms with E-state index in [9.17, 15) is 9.59 Å². The molecule has 3 saturated carbocycles. The van der Waals surface area contributed by atoms with Crippen LogP contribution in [0.15, 0.2) is 53.1 Å². The third kappa shape index (κ3) is 3.82. The van der Waals surface area contributed by atoms with Crippen molar-refractivity contribution in [1.82, 2.24) is 0 Å². The lowest BCUT2D eigenvalue weighted by molar-refractivity contribution is -0.202. The average molecular weight is 557 g/mol. The number of carbonyl (C=O) groups is 2. The van der Waals surface area contributed by atoms with E-state index in [1.807, 2.05) is 30.3 Å². The highest BCUT2D eigenvalue weighted by atomic mass is 16.5. The molecule has 1 aromatic carbocycles. The van der Waals surface area contributed by atoms with Crippen LogP contribution in [0.4, 0.5) is 0 Å². The van der Waals surface area contributed by atoms with Crippen LogP contribution in [0.1, 0.15) is 112 Å². The van der Waals surface area contributed by atoms with E-state index in [1.54, 1.807) is 5.57 Å². The van der Waals surface area contributed by atoms with Gasteiger partial charge in [-0.2, -0.15) is 0 Å². The zero-order valence-corrected chi connectivity index (χ0v) is 26.9. The summed E-state index contributed by atoms with van der Waals surface area (Å²) in [4.78, 5) is 27.9. The van der Waals surface area contributed by atoms with Crippen LogP contribution in [-0.2, 0) is 20.9 Å². The van der Waals surface area contributed by atoms with E-state index >= 15 is 0 Å². The van der Waals surface area contributed by atoms with Gasteiger partial charge in [0.1, 0.15) is 6.61 Å². The Morgan fingerprint density at radius 3 is 2.32 bits per heavy atom. The van der Waals surface area contributed by atoms with Crippen molar-refractivity contribution in [3.05, 3.63) is 58.7 Å². The number of rotatable bonds is 4. The maximum atomic E-state index is 14.2.